The van der Waals surface area contributed by atoms with E-state index in [9.17, 15) is 0 Å². The zero-order chi connectivity index (χ0) is 9.68. The van der Waals surface area contributed by atoms with E-state index in [1.807, 2.05) is 32.2 Å². The number of aromatic nitrogens is 1. The van der Waals surface area contributed by atoms with Gasteiger partial charge in [-0.25, -0.2) is 0 Å². The maximum absolute atomic E-state index is 5.50. The van der Waals surface area contributed by atoms with Gasteiger partial charge >= 0.3 is 0 Å². The Hall–Kier alpha value is -1.31. The molecule has 0 spiro atoms. The fourth-order valence-corrected chi connectivity index (χ4v) is 1.08. The highest BCUT2D eigenvalue weighted by Gasteiger charge is 1.98. The predicted molar refractivity (Wildman–Crippen MR) is 53.9 cm³/mol. The van der Waals surface area contributed by atoms with E-state index in [0.29, 0.717) is 0 Å². The fraction of sp³-hybridized carbons (Fsp3) is 0.364. The molecule has 1 rings (SSSR count). The maximum Gasteiger partial charge on any atom is 0.138 e. The van der Waals surface area contributed by atoms with Crippen LogP contribution in [0, 0.1) is 0 Å². The molecule has 1 heterocycles. The van der Waals surface area contributed by atoms with Crippen molar-refractivity contribution in [1.82, 2.24) is 4.98 Å². The Labute approximate surface area is 79.3 Å². The zero-order valence-electron chi connectivity index (χ0n) is 8.16. The number of nitrogens with zero attached hydrogens (tertiary/aromatic N) is 1. The second kappa shape index (κ2) is 4.65. The second-order valence-electron chi connectivity index (χ2n) is 3.19. The second-order valence-corrected chi connectivity index (χ2v) is 3.19. The van der Waals surface area contributed by atoms with Gasteiger partial charge in [0.25, 0.3) is 0 Å². The molecule has 0 atom stereocenters. The molecule has 0 unspecified atom stereocenters. The van der Waals surface area contributed by atoms with Crippen LogP contribution in [0.25, 0.3) is 0 Å². The number of hydrogen-bond acceptors (Lipinski definition) is 2. The van der Waals surface area contributed by atoms with Crippen LogP contribution >= 0.6 is 0 Å². The maximum atomic E-state index is 5.50. The highest BCUT2D eigenvalue weighted by Crippen LogP contribution is 2.13. The molecule has 0 fully saturated rings. The summed E-state index contributed by atoms with van der Waals surface area (Å²) in [5.74, 6) is 0.828. The monoisotopic (exact) mass is 177 g/mol. The summed E-state index contributed by atoms with van der Waals surface area (Å²) in [7, 11) is 0. The van der Waals surface area contributed by atoms with Crippen molar-refractivity contribution in [1.29, 1.82) is 0 Å². The van der Waals surface area contributed by atoms with Crippen molar-refractivity contribution in [2.24, 2.45) is 0 Å². The lowest BCUT2D eigenvalue weighted by Gasteiger charge is -2.09. The molecule has 1 aromatic rings. The van der Waals surface area contributed by atoms with Crippen molar-refractivity contribution in [2.75, 3.05) is 0 Å². The lowest BCUT2D eigenvalue weighted by Crippen LogP contribution is -2.05. The Morgan fingerprint density at radius 1 is 1.54 bits per heavy atom. The van der Waals surface area contributed by atoms with Crippen molar-refractivity contribution in [2.45, 2.75) is 26.4 Å². The van der Waals surface area contributed by atoms with Gasteiger partial charge in [-0.15, -0.1) is 6.58 Å². The number of ether oxygens (including phenoxy) is 1. The molecule has 0 radical (unpaired) electrons. The minimum Gasteiger partial charge on any atom is -0.489 e. The number of rotatable bonds is 4. The average molecular weight is 177 g/mol. The molecule has 0 aliphatic rings. The number of allylic oxidation sites excluding steroid dienone is 1. The standard InChI is InChI=1S/C11H15NO/c1-4-5-10-6-11(8-12-7-10)13-9(2)3/h4,6-9H,1,5H2,2-3H3. The lowest BCUT2D eigenvalue weighted by molar-refractivity contribution is 0.241. The van der Waals surface area contributed by atoms with Crippen molar-refractivity contribution in [3.05, 3.63) is 36.7 Å². The van der Waals surface area contributed by atoms with Gasteiger partial charge in [-0.1, -0.05) is 6.08 Å². The highest BCUT2D eigenvalue weighted by molar-refractivity contribution is 5.24. The normalized spacial score (nSPS) is 10.1. The van der Waals surface area contributed by atoms with Gasteiger partial charge in [0.05, 0.1) is 12.3 Å². The number of pyridine rings is 1. The molecule has 70 valence electrons. The molecule has 2 heteroatoms. The summed E-state index contributed by atoms with van der Waals surface area (Å²) in [6.07, 6.45) is 6.45. The third kappa shape index (κ3) is 3.28. The SMILES string of the molecule is C=CCc1cncc(OC(C)C)c1. The molecular weight excluding hydrogens is 162 g/mol. The molecule has 0 bridgehead atoms. The molecule has 2 nitrogen and oxygen atoms in total. The first-order valence-electron chi connectivity index (χ1n) is 4.44. The molecule has 0 aliphatic carbocycles. The Bertz CT molecular complexity index is 281. The molecular formula is C11H15NO. The lowest BCUT2D eigenvalue weighted by atomic mass is 10.2. The van der Waals surface area contributed by atoms with E-state index < -0.39 is 0 Å². The first kappa shape index (κ1) is 9.78. The van der Waals surface area contributed by atoms with E-state index in [1.54, 1.807) is 6.20 Å². The van der Waals surface area contributed by atoms with Gasteiger partial charge in [0.1, 0.15) is 5.75 Å². The average Bonchev–Trinajstić information content (AvgIpc) is 2.04. The van der Waals surface area contributed by atoms with E-state index in [1.165, 1.54) is 0 Å². The number of hydrogen-bond donors (Lipinski definition) is 0. The summed E-state index contributed by atoms with van der Waals surface area (Å²) in [5, 5.41) is 0. The summed E-state index contributed by atoms with van der Waals surface area (Å²) < 4.78 is 5.50. The molecule has 0 amide bonds. The summed E-state index contributed by atoms with van der Waals surface area (Å²) >= 11 is 0. The van der Waals surface area contributed by atoms with Gasteiger partial charge in [0.15, 0.2) is 0 Å². The van der Waals surface area contributed by atoms with Crippen LogP contribution in [0.4, 0.5) is 0 Å². The van der Waals surface area contributed by atoms with Gasteiger partial charge in [-0.2, -0.15) is 0 Å². The van der Waals surface area contributed by atoms with E-state index in [0.717, 1.165) is 17.7 Å². The smallest absolute Gasteiger partial charge is 0.138 e. The molecule has 0 aliphatic heterocycles. The van der Waals surface area contributed by atoms with E-state index in [2.05, 4.69) is 11.6 Å². The summed E-state index contributed by atoms with van der Waals surface area (Å²) in [4.78, 5) is 4.08. The van der Waals surface area contributed by atoms with Crippen LogP contribution in [-0.4, -0.2) is 11.1 Å². The Morgan fingerprint density at radius 3 is 2.92 bits per heavy atom. The van der Waals surface area contributed by atoms with E-state index >= 15 is 0 Å². The van der Waals surface area contributed by atoms with E-state index in [-0.39, 0.29) is 6.10 Å². The Morgan fingerprint density at radius 2 is 2.31 bits per heavy atom. The van der Waals surface area contributed by atoms with Crippen molar-refractivity contribution >= 4 is 0 Å². The fourth-order valence-electron chi connectivity index (χ4n) is 1.08. The molecule has 0 aromatic carbocycles. The zero-order valence-corrected chi connectivity index (χ0v) is 8.16. The van der Waals surface area contributed by atoms with Crippen molar-refractivity contribution in [3.8, 4) is 5.75 Å². The third-order valence-electron chi connectivity index (χ3n) is 1.52. The summed E-state index contributed by atoms with van der Waals surface area (Å²) in [6.45, 7) is 7.68. The van der Waals surface area contributed by atoms with Gasteiger partial charge in [-0.05, 0) is 31.9 Å². The first-order valence-corrected chi connectivity index (χ1v) is 4.44. The van der Waals surface area contributed by atoms with Crippen LogP contribution in [0.15, 0.2) is 31.1 Å². The van der Waals surface area contributed by atoms with Crippen LogP contribution in [0.3, 0.4) is 0 Å². The van der Waals surface area contributed by atoms with Crippen LogP contribution in [0.5, 0.6) is 5.75 Å². The van der Waals surface area contributed by atoms with Crippen LogP contribution < -0.4 is 4.74 Å². The van der Waals surface area contributed by atoms with Crippen molar-refractivity contribution in [3.63, 3.8) is 0 Å². The summed E-state index contributed by atoms with van der Waals surface area (Å²) in [6, 6.07) is 1.99. The Kier molecular flexibility index (Phi) is 3.50. The summed E-state index contributed by atoms with van der Waals surface area (Å²) in [5.41, 5.74) is 1.13. The molecule has 0 N–H and O–H groups in total. The van der Waals surface area contributed by atoms with Gasteiger partial charge in [0, 0.05) is 6.20 Å². The topological polar surface area (TPSA) is 22.1 Å². The minimum atomic E-state index is 0.195. The van der Waals surface area contributed by atoms with Gasteiger partial charge in [0.2, 0.25) is 0 Å². The first-order chi connectivity index (χ1) is 6.22. The Balaban J connectivity index is 2.72. The van der Waals surface area contributed by atoms with Crippen LogP contribution in [0.1, 0.15) is 19.4 Å². The van der Waals surface area contributed by atoms with Crippen molar-refractivity contribution < 1.29 is 4.74 Å². The molecule has 0 saturated carbocycles. The molecule has 13 heavy (non-hydrogen) atoms. The van der Waals surface area contributed by atoms with Gasteiger partial charge < -0.3 is 4.74 Å². The molecule has 1 aromatic heterocycles. The van der Waals surface area contributed by atoms with E-state index in [4.69, 9.17) is 4.74 Å². The minimum absolute atomic E-state index is 0.195. The van der Waals surface area contributed by atoms with Gasteiger partial charge in [-0.3, -0.25) is 4.98 Å². The predicted octanol–water partition coefficient (Wildman–Crippen LogP) is 2.60. The quantitative estimate of drug-likeness (QED) is 0.659. The van der Waals surface area contributed by atoms with Crippen LogP contribution in [-0.2, 0) is 6.42 Å². The molecule has 0 saturated heterocycles. The van der Waals surface area contributed by atoms with Crippen LogP contribution in [0.2, 0.25) is 0 Å². The highest BCUT2D eigenvalue weighted by atomic mass is 16.5. The largest absolute Gasteiger partial charge is 0.489 e. The third-order valence-corrected chi connectivity index (χ3v) is 1.52.